The van der Waals surface area contributed by atoms with E-state index in [2.05, 4.69) is 4.99 Å². The van der Waals surface area contributed by atoms with Crippen LogP contribution in [-0.4, -0.2) is 34.1 Å². The lowest BCUT2D eigenvalue weighted by molar-refractivity contribution is -0.126. The molecule has 2 aliphatic carbocycles. The van der Waals surface area contributed by atoms with Crippen molar-refractivity contribution >= 4 is 34.4 Å². The van der Waals surface area contributed by atoms with Crippen LogP contribution in [0.4, 0.5) is 0 Å². The van der Waals surface area contributed by atoms with Crippen molar-refractivity contribution in [3.8, 4) is 0 Å². The summed E-state index contributed by atoms with van der Waals surface area (Å²) in [6.07, 6.45) is 11.5. The number of hydrogen-bond donors (Lipinski definition) is 0. The summed E-state index contributed by atoms with van der Waals surface area (Å²) in [4.78, 5) is 18.4. The van der Waals surface area contributed by atoms with Crippen LogP contribution < -0.4 is 0 Å². The monoisotopic (exact) mass is 318 g/mol. The number of halogens is 2. The molecule has 0 spiro atoms. The Kier molecular flexibility index (Phi) is 6.63. The first-order valence-electron chi connectivity index (χ1n) is 7.83. The highest BCUT2D eigenvalue weighted by atomic mass is 35.5. The second-order valence-corrected chi connectivity index (χ2v) is 6.48. The van der Waals surface area contributed by atoms with E-state index in [0.717, 1.165) is 38.5 Å². The molecule has 0 aromatic heterocycles. The van der Waals surface area contributed by atoms with Crippen molar-refractivity contribution in [3.63, 3.8) is 0 Å². The van der Waals surface area contributed by atoms with Gasteiger partial charge in [-0.05, 0) is 37.3 Å². The van der Waals surface area contributed by atoms with Gasteiger partial charge in [-0.2, -0.15) is 0 Å². The number of carbonyl (C=O) groups excluding carboxylic acids is 1. The van der Waals surface area contributed by atoms with E-state index in [0.29, 0.717) is 5.29 Å². The molecule has 0 bridgehead atoms. The molecule has 0 N–H and O–H groups in total. The Bertz CT molecular complexity index is 348. The molecular formula is C15H24Cl2N2O. The maximum absolute atomic E-state index is 12.1. The van der Waals surface area contributed by atoms with Gasteiger partial charge in [0.05, 0.1) is 6.04 Å². The molecule has 0 aliphatic heterocycles. The second kappa shape index (κ2) is 8.23. The average molecular weight is 319 g/mol. The van der Waals surface area contributed by atoms with Crippen molar-refractivity contribution in [1.29, 1.82) is 0 Å². The van der Waals surface area contributed by atoms with Crippen molar-refractivity contribution < 1.29 is 4.79 Å². The number of amidine groups is 1. The van der Waals surface area contributed by atoms with Gasteiger partial charge in [0.15, 0.2) is 0 Å². The van der Waals surface area contributed by atoms with Crippen LogP contribution in [0, 0.1) is 0 Å². The Labute approximate surface area is 131 Å². The van der Waals surface area contributed by atoms with Gasteiger partial charge < -0.3 is 0 Å². The molecular weight excluding hydrogens is 295 g/mol. The largest absolute Gasteiger partial charge is 0.283 e. The number of nitrogens with zero attached hydrogens (tertiary/aromatic N) is 2. The lowest BCUT2D eigenvalue weighted by Gasteiger charge is -2.33. The summed E-state index contributed by atoms with van der Waals surface area (Å²) in [5.74, 6) is -0.129. The molecule has 2 saturated carbocycles. The molecule has 0 heterocycles. The predicted molar refractivity (Wildman–Crippen MR) is 84.6 cm³/mol. The van der Waals surface area contributed by atoms with Gasteiger partial charge in [0.25, 0.3) is 0 Å². The van der Waals surface area contributed by atoms with E-state index in [1.165, 1.54) is 25.7 Å². The van der Waals surface area contributed by atoms with Gasteiger partial charge in [-0.3, -0.25) is 14.7 Å². The summed E-state index contributed by atoms with van der Waals surface area (Å²) >= 11 is 12.1. The van der Waals surface area contributed by atoms with Crippen molar-refractivity contribution in [3.05, 3.63) is 0 Å². The Balaban J connectivity index is 2.07. The number of amides is 1. The van der Waals surface area contributed by atoms with Crippen molar-refractivity contribution in [2.24, 2.45) is 4.99 Å². The first kappa shape index (κ1) is 16.1. The van der Waals surface area contributed by atoms with Crippen LogP contribution in [-0.2, 0) is 4.79 Å². The summed E-state index contributed by atoms with van der Waals surface area (Å²) in [7, 11) is 0. The number of carbonyl (C=O) groups is 1. The Morgan fingerprint density at radius 2 is 1.55 bits per heavy atom. The molecule has 0 radical (unpaired) electrons. The molecule has 5 heteroatoms. The Morgan fingerprint density at radius 3 is 2.10 bits per heavy atom. The highest BCUT2D eigenvalue weighted by Gasteiger charge is 2.28. The van der Waals surface area contributed by atoms with Gasteiger partial charge in [-0.15, -0.1) is 11.6 Å². The molecule has 2 fully saturated rings. The zero-order valence-electron chi connectivity index (χ0n) is 12.0. The number of hydrogen-bond acceptors (Lipinski definition) is 2. The molecule has 114 valence electrons. The van der Waals surface area contributed by atoms with Gasteiger partial charge in [-0.25, -0.2) is 0 Å². The summed E-state index contributed by atoms with van der Waals surface area (Å²) < 4.78 is 0. The van der Waals surface area contributed by atoms with E-state index in [1.54, 1.807) is 4.90 Å². The number of alkyl halides is 1. The van der Waals surface area contributed by atoms with Gasteiger partial charge in [0.2, 0.25) is 11.2 Å². The van der Waals surface area contributed by atoms with Crippen molar-refractivity contribution in [2.45, 2.75) is 76.3 Å². The molecule has 2 aliphatic rings. The van der Waals surface area contributed by atoms with Crippen LogP contribution in [0.2, 0.25) is 0 Å². The molecule has 20 heavy (non-hydrogen) atoms. The van der Waals surface area contributed by atoms with E-state index in [1.807, 2.05) is 0 Å². The predicted octanol–water partition coefficient (Wildman–Crippen LogP) is 4.31. The van der Waals surface area contributed by atoms with Gasteiger partial charge in [0.1, 0.15) is 5.88 Å². The number of aliphatic imine (C=N–C) groups is 1. The van der Waals surface area contributed by atoms with Gasteiger partial charge in [-0.1, -0.05) is 38.5 Å². The molecule has 0 aromatic rings. The van der Waals surface area contributed by atoms with E-state index >= 15 is 0 Å². The lowest BCUT2D eigenvalue weighted by atomic mass is 9.94. The highest BCUT2D eigenvalue weighted by molar-refractivity contribution is 6.66. The first-order chi connectivity index (χ1) is 9.72. The SMILES string of the molecule is O=C(CCl)N(C(Cl)=NC1CCCCC1)C1CCCCC1. The average Bonchev–Trinajstić information content (AvgIpc) is 2.49. The highest BCUT2D eigenvalue weighted by Crippen LogP contribution is 2.26. The fourth-order valence-electron chi connectivity index (χ4n) is 3.28. The minimum absolute atomic E-state index is 0.0209. The molecule has 2 rings (SSSR count). The third-order valence-corrected chi connectivity index (χ3v) is 4.89. The van der Waals surface area contributed by atoms with Crippen LogP contribution in [0.5, 0.6) is 0 Å². The van der Waals surface area contributed by atoms with E-state index in [-0.39, 0.29) is 23.9 Å². The minimum atomic E-state index is -0.108. The van der Waals surface area contributed by atoms with E-state index < -0.39 is 0 Å². The minimum Gasteiger partial charge on any atom is -0.283 e. The Hall–Kier alpha value is -0.280. The smallest absolute Gasteiger partial charge is 0.244 e. The lowest BCUT2D eigenvalue weighted by Crippen LogP contribution is -2.44. The van der Waals surface area contributed by atoms with Gasteiger partial charge in [0, 0.05) is 6.04 Å². The summed E-state index contributed by atoms with van der Waals surface area (Å²) in [5, 5.41) is 0.370. The summed E-state index contributed by atoms with van der Waals surface area (Å²) in [6.45, 7) is 0. The normalized spacial score (nSPS) is 22.8. The zero-order chi connectivity index (χ0) is 14.4. The molecule has 0 aromatic carbocycles. The molecule has 1 amide bonds. The van der Waals surface area contributed by atoms with Crippen LogP contribution in [0.3, 0.4) is 0 Å². The van der Waals surface area contributed by atoms with Crippen molar-refractivity contribution in [2.75, 3.05) is 5.88 Å². The van der Waals surface area contributed by atoms with E-state index in [9.17, 15) is 4.79 Å². The molecule has 0 unspecified atom stereocenters. The van der Waals surface area contributed by atoms with Crippen LogP contribution in [0.25, 0.3) is 0 Å². The van der Waals surface area contributed by atoms with Crippen LogP contribution in [0.1, 0.15) is 64.2 Å². The van der Waals surface area contributed by atoms with Crippen molar-refractivity contribution in [1.82, 2.24) is 4.90 Å². The second-order valence-electron chi connectivity index (χ2n) is 5.88. The fraction of sp³-hybridized carbons (Fsp3) is 0.867. The molecule has 0 atom stereocenters. The molecule has 3 nitrogen and oxygen atoms in total. The van der Waals surface area contributed by atoms with E-state index in [4.69, 9.17) is 23.2 Å². The van der Waals surface area contributed by atoms with Crippen LogP contribution >= 0.6 is 23.2 Å². The maximum Gasteiger partial charge on any atom is 0.244 e. The molecule has 0 saturated heterocycles. The fourth-order valence-corrected chi connectivity index (χ4v) is 3.78. The number of rotatable bonds is 3. The quantitative estimate of drug-likeness (QED) is 0.330. The third kappa shape index (κ3) is 4.36. The Morgan fingerprint density at radius 1 is 1.00 bits per heavy atom. The summed E-state index contributed by atoms with van der Waals surface area (Å²) in [5.41, 5.74) is 0. The maximum atomic E-state index is 12.1. The van der Waals surface area contributed by atoms with Gasteiger partial charge >= 0.3 is 0 Å². The topological polar surface area (TPSA) is 32.7 Å². The third-order valence-electron chi connectivity index (χ3n) is 4.39. The zero-order valence-corrected chi connectivity index (χ0v) is 13.5. The van der Waals surface area contributed by atoms with Crippen LogP contribution in [0.15, 0.2) is 4.99 Å². The standard InChI is InChI=1S/C15H24Cl2N2O/c16-11-14(20)19(13-9-5-2-6-10-13)15(17)18-12-7-3-1-4-8-12/h12-13H,1-11H2. The summed E-state index contributed by atoms with van der Waals surface area (Å²) in [6, 6.07) is 0.473. The first-order valence-corrected chi connectivity index (χ1v) is 8.75.